The molecule has 7 heteroatoms. The Morgan fingerprint density at radius 3 is 2.78 bits per heavy atom. The fraction of sp³-hybridized carbons (Fsp3) is 0.182. The van der Waals surface area contributed by atoms with Gasteiger partial charge in [-0.1, -0.05) is 0 Å². The second kappa shape index (κ2) is 5.78. The maximum absolute atomic E-state index is 11.2. The second-order valence-electron chi connectivity index (χ2n) is 3.50. The molecule has 0 unspecified atom stereocenters. The Kier molecular flexibility index (Phi) is 3.87. The first kappa shape index (κ1) is 12.1. The summed E-state index contributed by atoms with van der Waals surface area (Å²) in [4.78, 5) is 15.0. The Morgan fingerprint density at radius 1 is 1.39 bits per heavy atom. The number of carbonyl (C=O) groups excluding carboxylic acids is 1. The highest BCUT2D eigenvalue weighted by Gasteiger charge is 2.02. The van der Waals surface area contributed by atoms with Gasteiger partial charge < -0.3 is 4.74 Å². The quantitative estimate of drug-likeness (QED) is 0.439. The Morgan fingerprint density at radius 2 is 2.17 bits per heavy atom. The highest BCUT2D eigenvalue weighted by atomic mass is 16.5. The van der Waals surface area contributed by atoms with Crippen LogP contribution in [-0.2, 0) is 6.54 Å². The molecular formula is C11H13N5O2. The third-order valence-corrected chi connectivity index (χ3v) is 2.30. The van der Waals surface area contributed by atoms with E-state index in [1.54, 1.807) is 35.3 Å². The predicted molar refractivity (Wildman–Crippen MR) is 63.6 cm³/mol. The lowest BCUT2D eigenvalue weighted by atomic mass is 10.2. The van der Waals surface area contributed by atoms with Crippen LogP contribution in [0.3, 0.4) is 0 Å². The molecule has 7 nitrogen and oxygen atoms in total. The molecule has 0 aliphatic carbocycles. The standard InChI is InChI=1S/C11H13N5O2/c12-15-11(17)9-1-3-10(4-2-9)18-6-5-16-8-13-7-14-16/h1-4,7-8H,5-6,12H2,(H,15,17). The zero-order chi connectivity index (χ0) is 12.8. The molecule has 0 saturated carbocycles. The molecule has 0 bridgehead atoms. The van der Waals surface area contributed by atoms with Crippen LogP contribution >= 0.6 is 0 Å². The van der Waals surface area contributed by atoms with Gasteiger partial charge in [0.25, 0.3) is 5.91 Å². The molecule has 2 aromatic rings. The number of benzene rings is 1. The molecule has 1 amide bonds. The number of nitrogen functional groups attached to an aromatic ring is 1. The number of hydrogen-bond acceptors (Lipinski definition) is 5. The largest absolute Gasteiger partial charge is 0.492 e. The molecule has 0 saturated heterocycles. The third-order valence-electron chi connectivity index (χ3n) is 2.30. The van der Waals surface area contributed by atoms with Crippen molar-refractivity contribution in [3.8, 4) is 5.75 Å². The fourth-order valence-corrected chi connectivity index (χ4v) is 1.39. The van der Waals surface area contributed by atoms with E-state index >= 15 is 0 Å². The van der Waals surface area contributed by atoms with Crippen LogP contribution in [0.2, 0.25) is 0 Å². The average molecular weight is 247 g/mol. The minimum Gasteiger partial charge on any atom is -0.492 e. The van der Waals surface area contributed by atoms with E-state index in [4.69, 9.17) is 10.6 Å². The highest BCUT2D eigenvalue weighted by Crippen LogP contribution is 2.11. The van der Waals surface area contributed by atoms with Gasteiger partial charge in [0.1, 0.15) is 25.0 Å². The van der Waals surface area contributed by atoms with Crippen molar-refractivity contribution in [2.75, 3.05) is 6.61 Å². The Balaban J connectivity index is 1.85. The minimum atomic E-state index is -0.329. The van der Waals surface area contributed by atoms with E-state index in [2.05, 4.69) is 15.5 Å². The van der Waals surface area contributed by atoms with Crippen molar-refractivity contribution in [1.29, 1.82) is 0 Å². The summed E-state index contributed by atoms with van der Waals surface area (Å²) >= 11 is 0. The van der Waals surface area contributed by atoms with Gasteiger partial charge in [0.15, 0.2) is 0 Å². The van der Waals surface area contributed by atoms with Crippen molar-refractivity contribution in [3.63, 3.8) is 0 Å². The number of nitrogens with one attached hydrogen (secondary N) is 1. The maximum Gasteiger partial charge on any atom is 0.265 e. The summed E-state index contributed by atoms with van der Waals surface area (Å²) in [5, 5.41) is 3.95. The van der Waals surface area contributed by atoms with Crippen LogP contribution in [0.5, 0.6) is 5.75 Å². The van der Waals surface area contributed by atoms with E-state index in [-0.39, 0.29) is 5.91 Å². The van der Waals surface area contributed by atoms with Gasteiger partial charge >= 0.3 is 0 Å². The number of hydrazine groups is 1. The molecule has 2 rings (SSSR count). The van der Waals surface area contributed by atoms with E-state index in [1.165, 1.54) is 6.33 Å². The summed E-state index contributed by atoms with van der Waals surface area (Å²) in [7, 11) is 0. The lowest BCUT2D eigenvalue weighted by molar-refractivity contribution is 0.0953. The van der Waals surface area contributed by atoms with Crippen molar-refractivity contribution in [2.24, 2.45) is 5.84 Å². The van der Waals surface area contributed by atoms with Gasteiger partial charge in [-0.25, -0.2) is 15.5 Å². The number of amides is 1. The molecule has 0 atom stereocenters. The second-order valence-corrected chi connectivity index (χ2v) is 3.50. The summed E-state index contributed by atoms with van der Waals surface area (Å²) in [5.41, 5.74) is 2.55. The van der Waals surface area contributed by atoms with Gasteiger partial charge in [-0.05, 0) is 24.3 Å². The zero-order valence-corrected chi connectivity index (χ0v) is 9.61. The first-order chi connectivity index (χ1) is 8.79. The van der Waals surface area contributed by atoms with Gasteiger partial charge in [-0.3, -0.25) is 10.2 Å². The van der Waals surface area contributed by atoms with E-state index in [1.807, 2.05) is 0 Å². The Bertz CT molecular complexity index is 495. The Labute approximate surface area is 104 Å². The lowest BCUT2D eigenvalue weighted by Crippen LogP contribution is -2.29. The van der Waals surface area contributed by atoms with E-state index < -0.39 is 0 Å². The normalized spacial score (nSPS) is 10.1. The summed E-state index contributed by atoms with van der Waals surface area (Å²) in [6.07, 6.45) is 3.10. The van der Waals surface area contributed by atoms with Crippen LogP contribution < -0.4 is 16.0 Å². The topological polar surface area (TPSA) is 95.1 Å². The minimum absolute atomic E-state index is 0.329. The lowest BCUT2D eigenvalue weighted by Gasteiger charge is -2.06. The van der Waals surface area contributed by atoms with Crippen LogP contribution in [0.15, 0.2) is 36.9 Å². The third kappa shape index (κ3) is 3.05. The molecular weight excluding hydrogens is 234 g/mol. The first-order valence-corrected chi connectivity index (χ1v) is 5.36. The van der Waals surface area contributed by atoms with Crippen molar-refractivity contribution in [1.82, 2.24) is 20.2 Å². The van der Waals surface area contributed by atoms with Gasteiger partial charge in [0.2, 0.25) is 0 Å². The number of carbonyl (C=O) groups is 1. The first-order valence-electron chi connectivity index (χ1n) is 5.36. The molecule has 94 valence electrons. The summed E-state index contributed by atoms with van der Waals surface area (Å²) in [6.45, 7) is 1.09. The van der Waals surface area contributed by atoms with Crippen molar-refractivity contribution < 1.29 is 9.53 Å². The highest BCUT2D eigenvalue weighted by molar-refractivity contribution is 5.93. The molecule has 0 aliphatic rings. The molecule has 0 aliphatic heterocycles. The van der Waals surface area contributed by atoms with Gasteiger partial charge in [-0.15, -0.1) is 0 Å². The number of hydrogen-bond donors (Lipinski definition) is 2. The monoisotopic (exact) mass is 247 g/mol. The van der Waals surface area contributed by atoms with Gasteiger partial charge in [0, 0.05) is 5.56 Å². The average Bonchev–Trinajstić information content (AvgIpc) is 2.92. The smallest absolute Gasteiger partial charge is 0.265 e. The molecule has 3 N–H and O–H groups in total. The van der Waals surface area contributed by atoms with Crippen LogP contribution in [0.25, 0.3) is 0 Å². The zero-order valence-electron chi connectivity index (χ0n) is 9.61. The van der Waals surface area contributed by atoms with Crippen LogP contribution in [0.4, 0.5) is 0 Å². The SMILES string of the molecule is NNC(=O)c1ccc(OCCn2cncn2)cc1. The molecule has 18 heavy (non-hydrogen) atoms. The molecule has 0 radical (unpaired) electrons. The van der Waals surface area contributed by atoms with Crippen LogP contribution in [0.1, 0.15) is 10.4 Å². The van der Waals surface area contributed by atoms with Gasteiger partial charge in [-0.2, -0.15) is 5.10 Å². The molecule has 1 heterocycles. The summed E-state index contributed by atoms with van der Waals surface area (Å²) in [5.74, 6) is 5.38. The molecule has 1 aromatic carbocycles. The van der Waals surface area contributed by atoms with E-state index in [9.17, 15) is 4.79 Å². The van der Waals surface area contributed by atoms with Crippen molar-refractivity contribution >= 4 is 5.91 Å². The van der Waals surface area contributed by atoms with Crippen LogP contribution in [0, 0.1) is 0 Å². The summed E-state index contributed by atoms with van der Waals surface area (Å²) in [6, 6.07) is 6.72. The Hall–Kier alpha value is -2.41. The number of nitrogens with two attached hydrogens (primary N) is 1. The fourth-order valence-electron chi connectivity index (χ4n) is 1.39. The number of aromatic nitrogens is 3. The van der Waals surface area contributed by atoms with Crippen molar-refractivity contribution in [3.05, 3.63) is 42.5 Å². The number of ether oxygens (including phenoxy) is 1. The summed E-state index contributed by atoms with van der Waals surface area (Å²) < 4.78 is 7.17. The van der Waals surface area contributed by atoms with Crippen molar-refractivity contribution in [2.45, 2.75) is 6.54 Å². The van der Waals surface area contributed by atoms with E-state index in [0.29, 0.717) is 24.5 Å². The maximum atomic E-state index is 11.2. The van der Waals surface area contributed by atoms with Crippen LogP contribution in [-0.4, -0.2) is 27.3 Å². The van der Waals surface area contributed by atoms with Gasteiger partial charge in [0.05, 0.1) is 6.54 Å². The molecule has 0 spiro atoms. The molecule has 1 aromatic heterocycles. The van der Waals surface area contributed by atoms with E-state index in [0.717, 1.165) is 0 Å². The molecule has 0 fully saturated rings. The predicted octanol–water partition coefficient (Wildman–Crippen LogP) is -0.0394. The number of nitrogens with zero attached hydrogens (tertiary/aromatic N) is 3. The number of rotatable bonds is 5.